The summed E-state index contributed by atoms with van der Waals surface area (Å²) in [6.07, 6.45) is 2.99. The molecule has 0 aliphatic heterocycles. The van der Waals surface area contributed by atoms with Crippen LogP contribution in [-0.2, 0) is 6.54 Å². The van der Waals surface area contributed by atoms with Crippen LogP contribution in [0.4, 0.5) is 0 Å². The maximum atomic E-state index is 12.5. The molecule has 4 rings (SSSR count). The summed E-state index contributed by atoms with van der Waals surface area (Å²) in [5.74, 6) is -1.25. The van der Waals surface area contributed by atoms with Gasteiger partial charge >= 0.3 is 5.97 Å². The molecule has 0 radical (unpaired) electrons. The molecule has 138 valence electrons. The average molecular weight is 370 g/mol. The van der Waals surface area contributed by atoms with Gasteiger partial charge in [-0.05, 0) is 35.2 Å². The number of nitrogens with zero attached hydrogens (tertiary/aromatic N) is 2. The van der Waals surface area contributed by atoms with E-state index in [0.29, 0.717) is 12.1 Å². The van der Waals surface area contributed by atoms with Crippen LogP contribution in [0.5, 0.6) is 0 Å². The van der Waals surface area contributed by atoms with E-state index >= 15 is 0 Å². The van der Waals surface area contributed by atoms with Crippen molar-refractivity contribution in [1.82, 2.24) is 9.55 Å². The molecular weight excluding hydrogens is 352 g/mol. The molecular formula is C23H18N2O3. The van der Waals surface area contributed by atoms with Gasteiger partial charge in [0, 0.05) is 18.9 Å². The molecule has 0 unspecified atom stereocenters. The molecule has 0 aliphatic carbocycles. The zero-order valence-corrected chi connectivity index (χ0v) is 15.3. The number of benzene rings is 2. The second kappa shape index (κ2) is 7.12. The van der Waals surface area contributed by atoms with Crippen molar-refractivity contribution in [2.24, 2.45) is 0 Å². The first kappa shape index (κ1) is 17.7. The van der Waals surface area contributed by atoms with Crippen LogP contribution in [-0.4, -0.2) is 20.6 Å². The first-order valence-electron chi connectivity index (χ1n) is 8.91. The SMILES string of the molecule is Cc1cnc2c(=O)c(C(=O)O)cn(Cc3ccccc3-c3ccccc3)c2c1. The molecule has 0 spiro atoms. The normalized spacial score (nSPS) is 10.9. The lowest BCUT2D eigenvalue weighted by Crippen LogP contribution is -2.20. The van der Waals surface area contributed by atoms with Crippen molar-refractivity contribution in [3.63, 3.8) is 0 Å². The molecule has 2 aromatic heterocycles. The third-order valence-corrected chi connectivity index (χ3v) is 4.73. The molecule has 0 bridgehead atoms. The maximum absolute atomic E-state index is 12.5. The van der Waals surface area contributed by atoms with E-state index in [1.807, 2.05) is 67.6 Å². The van der Waals surface area contributed by atoms with Crippen molar-refractivity contribution in [3.05, 3.63) is 100.0 Å². The van der Waals surface area contributed by atoms with E-state index in [1.54, 1.807) is 10.8 Å². The van der Waals surface area contributed by atoms with Gasteiger partial charge in [0.15, 0.2) is 0 Å². The van der Waals surface area contributed by atoms with E-state index in [2.05, 4.69) is 4.98 Å². The molecule has 0 aliphatic rings. The number of aromatic nitrogens is 2. The van der Waals surface area contributed by atoms with Crippen LogP contribution in [0.2, 0.25) is 0 Å². The Hall–Kier alpha value is -3.73. The summed E-state index contributed by atoms with van der Waals surface area (Å²) in [5, 5.41) is 9.46. The van der Waals surface area contributed by atoms with E-state index in [4.69, 9.17) is 0 Å². The highest BCUT2D eigenvalue weighted by atomic mass is 16.4. The minimum absolute atomic E-state index is 0.169. The Bertz CT molecular complexity index is 1240. The molecule has 2 heterocycles. The van der Waals surface area contributed by atoms with Crippen LogP contribution in [0.15, 0.2) is 77.9 Å². The Morgan fingerprint density at radius 2 is 1.79 bits per heavy atom. The Morgan fingerprint density at radius 1 is 1.07 bits per heavy atom. The molecule has 5 heteroatoms. The number of aryl methyl sites for hydroxylation is 1. The predicted octanol–water partition coefficient (Wildman–Crippen LogP) is 4.12. The van der Waals surface area contributed by atoms with Gasteiger partial charge in [-0.25, -0.2) is 4.79 Å². The van der Waals surface area contributed by atoms with E-state index in [-0.39, 0.29) is 11.1 Å². The van der Waals surface area contributed by atoms with Gasteiger partial charge in [-0.15, -0.1) is 0 Å². The third kappa shape index (κ3) is 3.18. The second-order valence-corrected chi connectivity index (χ2v) is 6.71. The van der Waals surface area contributed by atoms with Gasteiger partial charge in [0.2, 0.25) is 5.43 Å². The molecule has 28 heavy (non-hydrogen) atoms. The zero-order chi connectivity index (χ0) is 19.7. The number of pyridine rings is 2. The van der Waals surface area contributed by atoms with Crippen LogP contribution in [0.25, 0.3) is 22.2 Å². The van der Waals surface area contributed by atoms with E-state index < -0.39 is 11.4 Å². The lowest BCUT2D eigenvalue weighted by Gasteiger charge is -2.15. The minimum Gasteiger partial charge on any atom is -0.477 e. The van der Waals surface area contributed by atoms with Crippen LogP contribution < -0.4 is 5.43 Å². The van der Waals surface area contributed by atoms with Gasteiger partial charge in [0.25, 0.3) is 0 Å². The standard InChI is InChI=1S/C23H18N2O3/c1-15-11-20-21(24-12-15)22(26)19(23(27)28)14-25(20)13-17-9-5-6-10-18(17)16-7-3-2-4-8-16/h2-12,14H,13H2,1H3,(H,27,28). The van der Waals surface area contributed by atoms with Gasteiger partial charge in [-0.3, -0.25) is 9.78 Å². The van der Waals surface area contributed by atoms with Gasteiger partial charge in [0.1, 0.15) is 11.1 Å². The van der Waals surface area contributed by atoms with Crippen molar-refractivity contribution in [2.75, 3.05) is 0 Å². The molecule has 1 N–H and O–H groups in total. The topological polar surface area (TPSA) is 72.2 Å². The van der Waals surface area contributed by atoms with Gasteiger partial charge in [-0.1, -0.05) is 54.6 Å². The molecule has 4 aromatic rings. The summed E-state index contributed by atoms with van der Waals surface area (Å²) in [5.41, 5.74) is 4.02. The number of carboxylic acid groups (broad SMARTS) is 1. The molecule has 5 nitrogen and oxygen atoms in total. The fourth-order valence-electron chi connectivity index (χ4n) is 3.38. The van der Waals surface area contributed by atoms with Gasteiger partial charge in [-0.2, -0.15) is 0 Å². The predicted molar refractivity (Wildman–Crippen MR) is 109 cm³/mol. The molecule has 0 atom stereocenters. The maximum Gasteiger partial charge on any atom is 0.341 e. The number of carboxylic acids is 1. The van der Waals surface area contributed by atoms with Crippen molar-refractivity contribution < 1.29 is 9.90 Å². The average Bonchev–Trinajstić information content (AvgIpc) is 2.71. The largest absolute Gasteiger partial charge is 0.477 e. The molecule has 0 saturated heterocycles. The smallest absolute Gasteiger partial charge is 0.341 e. The van der Waals surface area contributed by atoms with E-state index in [0.717, 1.165) is 22.3 Å². The summed E-state index contributed by atoms with van der Waals surface area (Å²) < 4.78 is 1.79. The van der Waals surface area contributed by atoms with Crippen LogP contribution >= 0.6 is 0 Å². The highest BCUT2D eigenvalue weighted by Gasteiger charge is 2.16. The highest BCUT2D eigenvalue weighted by molar-refractivity contribution is 5.91. The van der Waals surface area contributed by atoms with E-state index in [1.165, 1.54) is 6.20 Å². The molecule has 2 aromatic carbocycles. The third-order valence-electron chi connectivity index (χ3n) is 4.73. The lowest BCUT2D eigenvalue weighted by atomic mass is 9.99. The first-order valence-corrected chi connectivity index (χ1v) is 8.91. The number of aromatic carboxylic acids is 1. The van der Waals surface area contributed by atoms with Gasteiger partial charge in [0.05, 0.1) is 5.52 Å². The Morgan fingerprint density at radius 3 is 2.54 bits per heavy atom. The van der Waals surface area contributed by atoms with Gasteiger partial charge < -0.3 is 9.67 Å². The summed E-state index contributed by atoms with van der Waals surface area (Å²) in [7, 11) is 0. The summed E-state index contributed by atoms with van der Waals surface area (Å²) >= 11 is 0. The number of rotatable bonds is 4. The summed E-state index contributed by atoms with van der Waals surface area (Å²) in [6, 6.07) is 19.8. The summed E-state index contributed by atoms with van der Waals surface area (Å²) in [6.45, 7) is 2.32. The van der Waals surface area contributed by atoms with Crippen molar-refractivity contribution in [1.29, 1.82) is 0 Å². The number of fused-ring (bicyclic) bond motifs is 1. The van der Waals surface area contributed by atoms with Crippen LogP contribution in [0, 0.1) is 6.92 Å². The van der Waals surface area contributed by atoms with E-state index in [9.17, 15) is 14.7 Å². The quantitative estimate of drug-likeness (QED) is 0.587. The molecule has 0 fully saturated rings. The number of hydrogen-bond donors (Lipinski definition) is 1. The van der Waals surface area contributed by atoms with Crippen molar-refractivity contribution in [2.45, 2.75) is 13.5 Å². The van der Waals surface area contributed by atoms with Crippen molar-refractivity contribution >= 4 is 17.0 Å². The zero-order valence-electron chi connectivity index (χ0n) is 15.3. The van der Waals surface area contributed by atoms with Crippen LogP contribution in [0.3, 0.4) is 0 Å². The highest BCUT2D eigenvalue weighted by Crippen LogP contribution is 2.25. The Labute approximate surface area is 161 Å². The fraction of sp³-hybridized carbons (Fsp3) is 0.0870. The first-order chi connectivity index (χ1) is 13.5. The Kier molecular flexibility index (Phi) is 4.49. The monoisotopic (exact) mass is 370 g/mol. The fourth-order valence-corrected chi connectivity index (χ4v) is 3.38. The van der Waals surface area contributed by atoms with Crippen LogP contribution in [0.1, 0.15) is 21.5 Å². The summed E-state index contributed by atoms with van der Waals surface area (Å²) in [4.78, 5) is 28.3. The Balaban J connectivity index is 1.92. The van der Waals surface area contributed by atoms with Crippen molar-refractivity contribution in [3.8, 4) is 11.1 Å². The second-order valence-electron chi connectivity index (χ2n) is 6.71. The number of hydrogen-bond acceptors (Lipinski definition) is 3. The molecule has 0 saturated carbocycles. The lowest BCUT2D eigenvalue weighted by molar-refractivity contribution is 0.0695. The minimum atomic E-state index is -1.25. The number of carbonyl (C=O) groups is 1. The molecule has 0 amide bonds.